The molecule has 6 rings (SSSR count). The molecule has 0 amide bonds. The number of anilines is 1. The van der Waals surface area contributed by atoms with Crippen molar-refractivity contribution >= 4 is 38.8 Å². The summed E-state index contributed by atoms with van der Waals surface area (Å²) >= 11 is 8.08. The first-order valence-electron chi connectivity index (χ1n) is 16.1. The molecular formula is C38H41ClN2O5S. The van der Waals surface area contributed by atoms with Crippen LogP contribution in [0.2, 0.25) is 5.15 Å². The van der Waals surface area contributed by atoms with Crippen LogP contribution in [0.4, 0.5) is 5.69 Å². The predicted octanol–water partition coefficient (Wildman–Crippen LogP) is 8.41. The monoisotopic (exact) mass is 672 g/mol. The number of ether oxygens (including phenoxy) is 4. The van der Waals surface area contributed by atoms with Crippen LogP contribution in [-0.2, 0) is 34.0 Å². The molecule has 0 saturated carbocycles. The van der Waals surface area contributed by atoms with E-state index in [0.29, 0.717) is 42.7 Å². The first-order chi connectivity index (χ1) is 23.0. The van der Waals surface area contributed by atoms with Crippen molar-refractivity contribution in [3.05, 3.63) is 124 Å². The molecule has 5 aromatic rings. The van der Waals surface area contributed by atoms with Crippen molar-refractivity contribution in [1.29, 1.82) is 0 Å². The van der Waals surface area contributed by atoms with Crippen LogP contribution in [0.15, 0.2) is 102 Å². The number of aromatic nitrogens is 1. The topological polar surface area (TPSA) is 73.3 Å². The molecule has 7 nitrogen and oxygen atoms in total. The van der Waals surface area contributed by atoms with Gasteiger partial charge in [0.05, 0.1) is 36.3 Å². The van der Waals surface area contributed by atoms with Crippen LogP contribution in [0.25, 0.3) is 10.2 Å². The van der Waals surface area contributed by atoms with Crippen LogP contribution < -0.4 is 9.64 Å². The Balaban J connectivity index is 1.27. The number of nitrogens with zero attached hydrogens (tertiary/aromatic N) is 2. The highest BCUT2D eigenvalue weighted by atomic mass is 35.5. The zero-order valence-electron chi connectivity index (χ0n) is 26.6. The van der Waals surface area contributed by atoms with Crippen LogP contribution in [0, 0.1) is 0 Å². The number of benzene rings is 3. The molecule has 3 atom stereocenters. The average Bonchev–Trinajstić information content (AvgIpc) is 3.77. The lowest BCUT2D eigenvalue weighted by atomic mass is 10.0. The fourth-order valence-corrected chi connectivity index (χ4v) is 7.06. The molecule has 1 aliphatic heterocycles. The van der Waals surface area contributed by atoms with Crippen LogP contribution in [0.3, 0.4) is 0 Å². The van der Waals surface area contributed by atoms with E-state index in [-0.39, 0.29) is 6.61 Å². The minimum absolute atomic E-state index is 0.259. The zero-order chi connectivity index (χ0) is 32.5. The third-order valence-corrected chi connectivity index (χ3v) is 9.47. The first-order valence-corrected chi connectivity index (χ1v) is 17.4. The smallest absolute Gasteiger partial charge is 0.234 e. The van der Waals surface area contributed by atoms with Gasteiger partial charge in [0.25, 0.3) is 0 Å². The molecule has 3 unspecified atom stereocenters. The molecule has 0 aliphatic carbocycles. The number of hydrogen-bond acceptors (Lipinski definition) is 8. The number of rotatable bonds is 16. The molecule has 1 N–H and O–H groups in total. The lowest BCUT2D eigenvalue weighted by Crippen LogP contribution is -2.53. The second kappa shape index (κ2) is 16.1. The van der Waals surface area contributed by atoms with Crippen LogP contribution in [0.1, 0.15) is 42.9 Å². The summed E-state index contributed by atoms with van der Waals surface area (Å²) in [5, 5.41) is 14.5. The number of pyridine rings is 1. The predicted molar refractivity (Wildman–Crippen MR) is 188 cm³/mol. The molecule has 1 aliphatic rings. The Morgan fingerprint density at radius 1 is 0.851 bits per heavy atom. The summed E-state index contributed by atoms with van der Waals surface area (Å²) in [6, 6.07) is 31.8. The SMILES string of the molecule is CC(O)(Oc1csc2c(N3CCCC3)cc(Cl)nc12)C(OCc1ccccc1)C(CCOCc1ccccc1)OCc1ccccc1. The van der Waals surface area contributed by atoms with Gasteiger partial charge in [0.1, 0.15) is 16.8 Å². The highest BCUT2D eigenvalue weighted by molar-refractivity contribution is 7.18. The second-order valence-electron chi connectivity index (χ2n) is 12.0. The fourth-order valence-electron chi connectivity index (χ4n) is 5.92. The quantitative estimate of drug-likeness (QED) is 0.0641. The van der Waals surface area contributed by atoms with Gasteiger partial charge in [-0.1, -0.05) is 103 Å². The normalized spacial score (nSPS) is 15.9. The molecule has 246 valence electrons. The Bertz CT molecular complexity index is 1680. The van der Waals surface area contributed by atoms with E-state index in [1.165, 1.54) is 11.3 Å². The highest BCUT2D eigenvalue weighted by Gasteiger charge is 2.42. The number of halogens is 1. The highest BCUT2D eigenvalue weighted by Crippen LogP contribution is 2.41. The molecule has 0 radical (unpaired) electrons. The van der Waals surface area contributed by atoms with Gasteiger partial charge in [0, 0.05) is 38.1 Å². The van der Waals surface area contributed by atoms with Gasteiger partial charge >= 0.3 is 0 Å². The van der Waals surface area contributed by atoms with Crippen molar-refractivity contribution < 1.29 is 24.1 Å². The zero-order valence-corrected chi connectivity index (χ0v) is 28.2. The van der Waals surface area contributed by atoms with Gasteiger partial charge < -0.3 is 29.0 Å². The maximum absolute atomic E-state index is 12.2. The maximum atomic E-state index is 12.2. The van der Waals surface area contributed by atoms with Gasteiger partial charge in [-0.2, -0.15) is 0 Å². The van der Waals surface area contributed by atoms with Gasteiger partial charge in [-0.15, -0.1) is 11.3 Å². The third-order valence-electron chi connectivity index (χ3n) is 8.31. The Hall–Kier alpha value is -3.50. The Morgan fingerprint density at radius 3 is 2.04 bits per heavy atom. The van der Waals surface area contributed by atoms with E-state index in [9.17, 15) is 5.11 Å². The molecule has 47 heavy (non-hydrogen) atoms. The van der Waals surface area contributed by atoms with E-state index in [0.717, 1.165) is 53.0 Å². The lowest BCUT2D eigenvalue weighted by Gasteiger charge is -2.37. The van der Waals surface area contributed by atoms with E-state index in [1.54, 1.807) is 6.92 Å². The molecule has 3 aromatic carbocycles. The van der Waals surface area contributed by atoms with Crippen LogP contribution in [-0.4, -0.2) is 47.8 Å². The standard InChI is InChI=1S/C38H41ClN2O5S/c1-38(42,46-33-27-47-36-31(41-20-11-12-21-41)23-34(39)40-35(33)36)37(45-26-30-17-9-4-10-18-30)32(44-25-29-15-7-3-8-16-29)19-22-43-24-28-13-5-2-6-14-28/h2-10,13-18,23,27,32,37,42H,11-12,19-22,24-26H2,1H3. The third kappa shape index (κ3) is 8.90. The van der Waals surface area contributed by atoms with Crippen molar-refractivity contribution in [2.24, 2.45) is 0 Å². The summed E-state index contributed by atoms with van der Waals surface area (Å²) in [6.07, 6.45) is 1.28. The number of hydrogen-bond donors (Lipinski definition) is 1. The molecule has 0 spiro atoms. The van der Waals surface area contributed by atoms with Crippen molar-refractivity contribution in [3.63, 3.8) is 0 Å². The fraction of sp³-hybridized carbons (Fsp3) is 0.342. The van der Waals surface area contributed by atoms with E-state index in [4.69, 9.17) is 30.5 Å². The molecule has 2 aromatic heterocycles. The number of thiophene rings is 1. The summed E-state index contributed by atoms with van der Waals surface area (Å²) in [5.74, 6) is -1.35. The van der Waals surface area contributed by atoms with Gasteiger partial charge in [0.2, 0.25) is 5.79 Å². The van der Waals surface area contributed by atoms with Gasteiger partial charge in [-0.25, -0.2) is 4.98 Å². The van der Waals surface area contributed by atoms with Gasteiger partial charge in [-0.05, 0) is 36.0 Å². The molecule has 3 heterocycles. The van der Waals surface area contributed by atoms with Crippen molar-refractivity contribution in [3.8, 4) is 5.75 Å². The summed E-state index contributed by atoms with van der Waals surface area (Å²) in [4.78, 5) is 6.97. The average molecular weight is 673 g/mol. The minimum atomic E-state index is -1.80. The maximum Gasteiger partial charge on any atom is 0.234 e. The van der Waals surface area contributed by atoms with Crippen LogP contribution >= 0.6 is 22.9 Å². The number of aliphatic hydroxyl groups is 1. The molecule has 1 saturated heterocycles. The Labute approximate surface area is 285 Å². The summed E-state index contributed by atoms with van der Waals surface area (Å²) < 4.78 is 26.6. The van der Waals surface area contributed by atoms with Gasteiger partial charge in [0.15, 0.2) is 5.75 Å². The Kier molecular flexibility index (Phi) is 11.4. The molecule has 0 bridgehead atoms. The van der Waals surface area contributed by atoms with Gasteiger partial charge in [-0.3, -0.25) is 0 Å². The second-order valence-corrected chi connectivity index (χ2v) is 13.2. The Morgan fingerprint density at radius 2 is 1.43 bits per heavy atom. The summed E-state index contributed by atoms with van der Waals surface area (Å²) in [7, 11) is 0. The summed E-state index contributed by atoms with van der Waals surface area (Å²) in [6.45, 7) is 5.04. The van der Waals surface area contributed by atoms with Crippen LogP contribution in [0.5, 0.6) is 5.75 Å². The van der Waals surface area contributed by atoms with Crippen molar-refractivity contribution in [2.45, 2.75) is 64.0 Å². The van der Waals surface area contributed by atoms with E-state index in [2.05, 4.69) is 9.88 Å². The lowest BCUT2D eigenvalue weighted by molar-refractivity contribution is -0.248. The molecule has 1 fully saturated rings. The first kappa shape index (κ1) is 33.4. The summed E-state index contributed by atoms with van der Waals surface area (Å²) in [5.41, 5.74) is 4.75. The van der Waals surface area contributed by atoms with E-state index < -0.39 is 18.0 Å². The van der Waals surface area contributed by atoms with E-state index in [1.807, 2.05) is 102 Å². The largest absolute Gasteiger partial charge is 0.457 e. The minimum Gasteiger partial charge on any atom is -0.457 e. The van der Waals surface area contributed by atoms with Crippen molar-refractivity contribution in [2.75, 3.05) is 24.6 Å². The molecular weight excluding hydrogens is 632 g/mol. The van der Waals surface area contributed by atoms with Crippen molar-refractivity contribution in [1.82, 2.24) is 4.98 Å². The van der Waals surface area contributed by atoms with E-state index >= 15 is 0 Å². The number of fused-ring (bicyclic) bond motifs is 1. The molecule has 9 heteroatoms.